The summed E-state index contributed by atoms with van der Waals surface area (Å²) in [6.07, 6.45) is 11.0. The van der Waals surface area contributed by atoms with Crippen molar-refractivity contribution in [2.24, 2.45) is 5.92 Å². The van der Waals surface area contributed by atoms with Crippen LogP contribution in [0.2, 0.25) is 0 Å². The molecule has 0 spiro atoms. The number of rotatable bonds is 6. The number of allylic oxidation sites excluding steroid dienone is 1. The van der Waals surface area contributed by atoms with Gasteiger partial charge in [-0.15, -0.1) is 0 Å². The Hall–Kier alpha value is -1.61. The lowest BCUT2D eigenvalue weighted by atomic mass is 9.97. The van der Waals surface area contributed by atoms with E-state index in [4.69, 9.17) is 0 Å². The molecule has 3 rings (SSSR count). The zero-order valence-corrected chi connectivity index (χ0v) is 15.6. The van der Waals surface area contributed by atoms with Crippen LogP contribution in [0.1, 0.15) is 67.8 Å². The maximum absolute atomic E-state index is 12.3. The van der Waals surface area contributed by atoms with E-state index < -0.39 is 0 Å². The Morgan fingerprint density at radius 2 is 1.92 bits per heavy atom. The number of likely N-dealkylation sites (tertiary alicyclic amines) is 1. The van der Waals surface area contributed by atoms with Crippen LogP contribution in [0.15, 0.2) is 35.9 Å². The number of hydrogen-bond acceptors (Lipinski definition) is 2. The van der Waals surface area contributed by atoms with Crippen molar-refractivity contribution in [1.29, 1.82) is 0 Å². The van der Waals surface area contributed by atoms with E-state index in [1.54, 1.807) is 0 Å². The van der Waals surface area contributed by atoms with Crippen molar-refractivity contribution in [3.63, 3.8) is 0 Å². The third-order valence-corrected chi connectivity index (χ3v) is 5.62. The van der Waals surface area contributed by atoms with Crippen LogP contribution in [-0.4, -0.2) is 30.4 Å². The summed E-state index contributed by atoms with van der Waals surface area (Å²) in [4.78, 5) is 14.8. The summed E-state index contributed by atoms with van der Waals surface area (Å²) in [6, 6.07) is 8.15. The minimum atomic E-state index is 0.0507. The topological polar surface area (TPSA) is 32.3 Å². The maximum atomic E-state index is 12.3. The molecule has 3 nitrogen and oxygen atoms in total. The van der Waals surface area contributed by atoms with Gasteiger partial charge in [-0.3, -0.25) is 9.69 Å². The molecule has 1 aliphatic carbocycles. The normalized spacial score (nSPS) is 19.5. The summed E-state index contributed by atoms with van der Waals surface area (Å²) >= 11 is 0. The second kappa shape index (κ2) is 9.19. The Morgan fingerprint density at radius 1 is 1.16 bits per heavy atom. The van der Waals surface area contributed by atoms with Crippen LogP contribution in [0.3, 0.4) is 0 Å². The van der Waals surface area contributed by atoms with E-state index in [-0.39, 0.29) is 5.91 Å². The van der Waals surface area contributed by atoms with Crippen LogP contribution >= 0.6 is 0 Å². The van der Waals surface area contributed by atoms with Gasteiger partial charge in [0.2, 0.25) is 0 Å². The fraction of sp³-hybridized carbons (Fsp3) is 0.591. The molecule has 1 aromatic carbocycles. The van der Waals surface area contributed by atoms with Gasteiger partial charge in [-0.2, -0.15) is 0 Å². The molecule has 0 saturated carbocycles. The standard InChI is InChI=1S/C22H32N2O/c1-18-12-15-24(16-13-18)17-20-7-9-21(10-8-20)22(25)23-14-11-19-5-3-2-4-6-19/h5,7-10,18H,2-4,6,11-17H2,1H3,(H,23,25). The van der Waals surface area contributed by atoms with Gasteiger partial charge in [0.05, 0.1) is 0 Å². The zero-order chi connectivity index (χ0) is 17.5. The van der Waals surface area contributed by atoms with Crippen molar-refractivity contribution in [2.75, 3.05) is 19.6 Å². The number of piperidine rings is 1. The monoisotopic (exact) mass is 340 g/mol. The second-order valence-electron chi connectivity index (χ2n) is 7.77. The Morgan fingerprint density at radius 3 is 2.60 bits per heavy atom. The highest BCUT2D eigenvalue weighted by Gasteiger charge is 2.15. The van der Waals surface area contributed by atoms with Crippen LogP contribution in [0, 0.1) is 5.92 Å². The SMILES string of the molecule is CC1CCN(Cc2ccc(C(=O)NCCC3=CCCCC3)cc2)CC1. The highest BCUT2D eigenvalue weighted by Crippen LogP contribution is 2.20. The van der Waals surface area contributed by atoms with Crippen LogP contribution in [0.5, 0.6) is 0 Å². The van der Waals surface area contributed by atoms with E-state index in [1.165, 1.54) is 62.8 Å². The van der Waals surface area contributed by atoms with Gasteiger partial charge in [0.25, 0.3) is 5.91 Å². The average Bonchev–Trinajstić information content (AvgIpc) is 2.65. The lowest BCUT2D eigenvalue weighted by Crippen LogP contribution is -2.32. The molecule has 0 aromatic heterocycles. The molecule has 1 fully saturated rings. The molecule has 136 valence electrons. The second-order valence-corrected chi connectivity index (χ2v) is 7.77. The van der Waals surface area contributed by atoms with Gasteiger partial charge in [0, 0.05) is 18.7 Å². The lowest BCUT2D eigenvalue weighted by Gasteiger charge is -2.30. The van der Waals surface area contributed by atoms with Crippen LogP contribution < -0.4 is 5.32 Å². The summed E-state index contributed by atoms with van der Waals surface area (Å²) in [7, 11) is 0. The summed E-state index contributed by atoms with van der Waals surface area (Å²) in [5, 5.41) is 3.06. The summed E-state index contributed by atoms with van der Waals surface area (Å²) in [6.45, 7) is 6.48. The van der Waals surface area contributed by atoms with Crippen LogP contribution in [-0.2, 0) is 6.54 Å². The van der Waals surface area contributed by atoms with Crippen LogP contribution in [0.4, 0.5) is 0 Å². The van der Waals surface area contributed by atoms with E-state index in [0.717, 1.165) is 31.0 Å². The fourth-order valence-corrected chi connectivity index (χ4v) is 3.81. The third kappa shape index (κ3) is 5.71. The van der Waals surface area contributed by atoms with Gasteiger partial charge in [-0.05, 0) is 81.6 Å². The van der Waals surface area contributed by atoms with Crippen molar-refractivity contribution in [2.45, 2.75) is 58.4 Å². The Bertz CT molecular complexity index is 583. The highest BCUT2D eigenvalue weighted by molar-refractivity contribution is 5.94. The van der Waals surface area contributed by atoms with Crippen molar-refractivity contribution in [1.82, 2.24) is 10.2 Å². The van der Waals surface area contributed by atoms with Crippen molar-refractivity contribution in [3.05, 3.63) is 47.0 Å². The molecule has 1 saturated heterocycles. The third-order valence-electron chi connectivity index (χ3n) is 5.62. The van der Waals surface area contributed by atoms with Gasteiger partial charge in [-0.1, -0.05) is 30.7 Å². The van der Waals surface area contributed by atoms with Gasteiger partial charge in [0.15, 0.2) is 0 Å². The van der Waals surface area contributed by atoms with Crippen molar-refractivity contribution in [3.8, 4) is 0 Å². The molecule has 0 radical (unpaired) electrons. The first-order valence-electron chi connectivity index (χ1n) is 9.98. The predicted octanol–water partition coefficient (Wildman–Crippen LogP) is 4.54. The molecule has 1 aliphatic heterocycles. The smallest absolute Gasteiger partial charge is 0.251 e. The molecule has 1 heterocycles. The highest BCUT2D eigenvalue weighted by atomic mass is 16.1. The molecular weight excluding hydrogens is 308 g/mol. The summed E-state index contributed by atoms with van der Waals surface area (Å²) in [5.41, 5.74) is 3.59. The molecule has 0 atom stereocenters. The minimum absolute atomic E-state index is 0.0507. The number of nitrogens with one attached hydrogen (secondary N) is 1. The summed E-state index contributed by atoms with van der Waals surface area (Å²) < 4.78 is 0. The molecular formula is C22H32N2O. The maximum Gasteiger partial charge on any atom is 0.251 e. The number of hydrogen-bond donors (Lipinski definition) is 1. The molecule has 0 bridgehead atoms. The zero-order valence-electron chi connectivity index (χ0n) is 15.6. The largest absolute Gasteiger partial charge is 0.352 e. The first-order chi connectivity index (χ1) is 12.2. The number of amides is 1. The fourth-order valence-electron chi connectivity index (χ4n) is 3.81. The number of carbonyl (C=O) groups is 1. The molecule has 1 aromatic rings. The molecule has 2 aliphatic rings. The summed E-state index contributed by atoms with van der Waals surface area (Å²) in [5.74, 6) is 0.918. The lowest BCUT2D eigenvalue weighted by molar-refractivity contribution is 0.0954. The Labute approximate surface area is 152 Å². The molecule has 3 heteroatoms. The molecule has 1 amide bonds. The van der Waals surface area contributed by atoms with E-state index in [9.17, 15) is 4.79 Å². The number of carbonyl (C=O) groups excluding carboxylic acids is 1. The number of nitrogens with zero attached hydrogens (tertiary/aromatic N) is 1. The van der Waals surface area contributed by atoms with Gasteiger partial charge < -0.3 is 5.32 Å². The molecule has 1 N–H and O–H groups in total. The first-order valence-corrected chi connectivity index (χ1v) is 9.98. The van der Waals surface area contributed by atoms with Gasteiger partial charge >= 0.3 is 0 Å². The van der Waals surface area contributed by atoms with E-state index in [2.05, 4.69) is 35.3 Å². The van der Waals surface area contributed by atoms with E-state index in [0.29, 0.717) is 0 Å². The predicted molar refractivity (Wildman–Crippen MR) is 104 cm³/mol. The quantitative estimate of drug-likeness (QED) is 0.771. The van der Waals surface area contributed by atoms with Crippen molar-refractivity contribution < 1.29 is 4.79 Å². The average molecular weight is 341 g/mol. The minimum Gasteiger partial charge on any atom is -0.352 e. The first kappa shape index (κ1) is 18.2. The van der Waals surface area contributed by atoms with Gasteiger partial charge in [-0.25, -0.2) is 0 Å². The van der Waals surface area contributed by atoms with Gasteiger partial charge in [0.1, 0.15) is 0 Å². The van der Waals surface area contributed by atoms with E-state index >= 15 is 0 Å². The Kier molecular flexibility index (Phi) is 6.69. The molecule has 25 heavy (non-hydrogen) atoms. The van der Waals surface area contributed by atoms with Crippen LogP contribution in [0.25, 0.3) is 0 Å². The van der Waals surface area contributed by atoms with E-state index in [1.807, 2.05) is 12.1 Å². The Balaban J connectivity index is 1.43. The number of benzene rings is 1. The van der Waals surface area contributed by atoms with Crippen molar-refractivity contribution >= 4 is 5.91 Å². The molecule has 0 unspecified atom stereocenters.